The van der Waals surface area contributed by atoms with E-state index in [1.165, 1.54) is 0 Å². The number of hydrazine groups is 1. The first-order chi connectivity index (χ1) is 8.27. The van der Waals surface area contributed by atoms with E-state index in [0.717, 1.165) is 18.5 Å². The third kappa shape index (κ3) is 4.65. The van der Waals surface area contributed by atoms with Crippen LogP contribution >= 0.6 is 0 Å². The molecule has 0 fully saturated rings. The Morgan fingerprint density at radius 2 is 2.00 bits per heavy atom. The van der Waals surface area contributed by atoms with Crippen LogP contribution in [0.1, 0.15) is 29.3 Å². The Morgan fingerprint density at radius 3 is 2.59 bits per heavy atom. The molecule has 0 aliphatic rings. The van der Waals surface area contributed by atoms with Crippen molar-refractivity contribution in [1.82, 2.24) is 16.2 Å². The van der Waals surface area contributed by atoms with E-state index in [2.05, 4.69) is 16.2 Å². The second kappa shape index (κ2) is 7.40. The van der Waals surface area contributed by atoms with Crippen molar-refractivity contribution in [3.05, 3.63) is 35.4 Å². The Bertz CT molecular complexity index is 363. The Hall–Kier alpha value is -1.88. The highest BCUT2D eigenvalue weighted by atomic mass is 16.2. The maximum atomic E-state index is 11.6. The second-order valence-corrected chi connectivity index (χ2v) is 3.58. The summed E-state index contributed by atoms with van der Waals surface area (Å²) in [7, 11) is 0. The van der Waals surface area contributed by atoms with Gasteiger partial charge in [-0.1, -0.05) is 19.1 Å². The first-order valence-electron chi connectivity index (χ1n) is 5.57. The molecule has 0 heterocycles. The van der Waals surface area contributed by atoms with Gasteiger partial charge in [-0.2, -0.15) is 0 Å². The molecule has 0 saturated carbocycles. The molecule has 0 aliphatic carbocycles. The van der Waals surface area contributed by atoms with E-state index in [1.54, 1.807) is 12.1 Å². The Kier molecular flexibility index (Phi) is 5.74. The summed E-state index contributed by atoms with van der Waals surface area (Å²) in [6, 6.07) is 7.08. The van der Waals surface area contributed by atoms with Crippen molar-refractivity contribution in [3.8, 4) is 0 Å². The number of hydrogen-bond donors (Lipinski definition) is 3. The summed E-state index contributed by atoms with van der Waals surface area (Å²) < 4.78 is 0. The molecule has 3 N–H and O–H groups in total. The van der Waals surface area contributed by atoms with Gasteiger partial charge < -0.3 is 5.32 Å². The molecule has 1 aromatic carbocycles. The number of hydrogen-bond acceptors (Lipinski definition) is 3. The molecule has 0 bridgehead atoms. The summed E-state index contributed by atoms with van der Waals surface area (Å²) in [4.78, 5) is 21.7. The van der Waals surface area contributed by atoms with Gasteiger partial charge in [-0.25, -0.2) is 5.43 Å². The van der Waals surface area contributed by atoms with Crippen molar-refractivity contribution >= 4 is 12.3 Å². The number of rotatable bonds is 7. The molecular formula is C12H17N3O2. The molecule has 92 valence electrons. The van der Waals surface area contributed by atoms with Crippen molar-refractivity contribution in [1.29, 1.82) is 0 Å². The predicted molar refractivity (Wildman–Crippen MR) is 65.1 cm³/mol. The molecule has 17 heavy (non-hydrogen) atoms. The molecule has 0 aliphatic heterocycles. The normalized spacial score (nSPS) is 9.71. The first kappa shape index (κ1) is 13.2. The van der Waals surface area contributed by atoms with Crippen LogP contribution in [0.5, 0.6) is 0 Å². The molecule has 5 nitrogen and oxygen atoms in total. The van der Waals surface area contributed by atoms with Crippen LogP contribution in [0.3, 0.4) is 0 Å². The summed E-state index contributed by atoms with van der Waals surface area (Å²) in [6.07, 6.45) is 1.60. The summed E-state index contributed by atoms with van der Waals surface area (Å²) in [6.45, 7) is 3.24. The molecule has 1 rings (SSSR count). The van der Waals surface area contributed by atoms with E-state index in [9.17, 15) is 9.59 Å². The van der Waals surface area contributed by atoms with Crippen molar-refractivity contribution in [2.45, 2.75) is 19.9 Å². The Labute approximate surface area is 101 Å². The zero-order chi connectivity index (χ0) is 12.5. The lowest BCUT2D eigenvalue weighted by atomic mass is 10.1. The van der Waals surface area contributed by atoms with E-state index in [1.807, 2.05) is 19.1 Å². The Balaban J connectivity index is 2.48. The lowest BCUT2D eigenvalue weighted by molar-refractivity contribution is -0.109. The van der Waals surface area contributed by atoms with E-state index >= 15 is 0 Å². The van der Waals surface area contributed by atoms with Gasteiger partial charge in [-0.15, -0.1) is 0 Å². The van der Waals surface area contributed by atoms with Gasteiger partial charge in [0.15, 0.2) is 0 Å². The summed E-state index contributed by atoms with van der Waals surface area (Å²) >= 11 is 0. The number of nitrogens with one attached hydrogen (secondary N) is 3. The van der Waals surface area contributed by atoms with Crippen LogP contribution in [0.2, 0.25) is 0 Å². The monoisotopic (exact) mass is 235 g/mol. The van der Waals surface area contributed by atoms with Gasteiger partial charge in [0.2, 0.25) is 6.41 Å². The van der Waals surface area contributed by atoms with Gasteiger partial charge in [-0.3, -0.25) is 15.0 Å². The highest BCUT2D eigenvalue weighted by molar-refractivity contribution is 5.93. The fourth-order valence-corrected chi connectivity index (χ4v) is 1.27. The Morgan fingerprint density at radius 1 is 1.29 bits per heavy atom. The molecule has 0 saturated heterocycles. The summed E-state index contributed by atoms with van der Waals surface area (Å²) in [5.74, 6) is -0.159. The molecule has 0 spiro atoms. The number of carbonyl (C=O) groups is 2. The molecular weight excluding hydrogens is 218 g/mol. The van der Waals surface area contributed by atoms with Crippen LogP contribution in [0.4, 0.5) is 0 Å². The largest absolute Gasteiger partial charge is 0.355 e. The van der Waals surface area contributed by atoms with Crippen molar-refractivity contribution in [3.63, 3.8) is 0 Å². The molecule has 1 aromatic rings. The van der Waals surface area contributed by atoms with Crippen LogP contribution in [-0.4, -0.2) is 18.9 Å². The summed E-state index contributed by atoms with van der Waals surface area (Å²) in [5, 5.41) is 2.56. The van der Waals surface area contributed by atoms with E-state index in [0.29, 0.717) is 18.5 Å². The minimum atomic E-state index is -0.159. The first-order valence-corrected chi connectivity index (χ1v) is 5.57. The molecule has 0 aromatic heterocycles. The van der Waals surface area contributed by atoms with Gasteiger partial charge in [0, 0.05) is 18.7 Å². The van der Waals surface area contributed by atoms with Gasteiger partial charge in [0.25, 0.3) is 5.91 Å². The van der Waals surface area contributed by atoms with E-state index in [4.69, 9.17) is 0 Å². The maximum absolute atomic E-state index is 11.6. The topological polar surface area (TPSA) is 70.2 Å². The number of carbonyl (C=O) groups excluding carboxylic acids is 2. The minimum absolute atomic E-state index is 0.159. The van der Waals surface area contributed by atoms with Gasteiger partial charge >= 0.3 is 0 Å². The standard InChI is InChI=1S/C12H17N3O2/c1-2-7-14-15-12(17)11-5-3-10(4-6-11)8-13-9-16/h3-6,9,14H,2,7-8H2,1H3,(H,13,16)(H,15,17). The van der Waals surface area contributed by atoms with Gasteiger partial charge in [0.05, 0.1) is 0 Å². The highest BCUT2D eigenvalue weighted by Gasteiger charge is 2.03. The maximum Gasteiger partial charge on any atom is 0.265 e. The fourth-order valence-electron chi connectivity index (χ4n) is 1.27. The molecule has 2 amide bonds. The number of amides is 2. The predicted octanol–water partition coefficient (Wildman–Crippen LogP) is 0.577. The minimum Gasteiger partial charge on any atom is -0.355 e. The quantitative estimate of drug-likeness (QED) is 0.368. The van der Waals surface area contributed by atoms with E-state index in [-0.39, 0.29) is 5.91 Å². The van der Waals surface area contributed by atoms with Gasteiger partial charge in [-0.05, 0) is 24.1 Å². The summed E-state index contributed by atoms with van der Waals surface area (Å²) in [5.41, 5.74) is 6.97. The van der Waals surface area contributed by atoms with Crippen molar-refractivity contribution < 1.29 is 9.59 Å². The highest BCUT2D eigenvalue weighted by Crippen LogP contribution is 2.03. The van der Waals surface area contributed by atoms with Crippen LogP contribution < -0.4 is 16.2 Å². The third-order valence-corrected chi connectivity index (χ3v) is 2.18. The zero-order valence-electron chi connectivity index (χ0n) is 9.82. The smallest absolute Gasteiger partial charge is 0.265 e. The SMILES string of the molecule is CCCNNC(=O)c1ccc(CNC=O)cc1. The molecule has 0 atom stereocenters. The van der Waals surface area contributed by atoms with E-state index < -0.39 is 0 Å². The van der Waals surface area contributed by atoms with Crippen LogP contribution in [-0.2, 0) is 11.3 Å². The fraction of sp³-hybridized carbons (Fsp3) is 0.333. The average Bonchev–Trinajstić information content (AvgIpc) is 2.37. The molecule has 0 radical (unpaired) electrons. The molecule has 5 heteroatoms. The lowest BCUT2D eigenvalue weighted by Crippen LogP contribution is -2.37. The van der Waals surface area contributed by atoms with Crippen LogP contribution in [0, 0.1) is 0 Å². The zero-order valence-corrected chi connectivity index (χ0v) is 9.82. The van der Waals surface area contributed by atoms with Crippen LogP contribution in [0.15, 0.2) is 24.3 Å². The molecule has 0 unspecified atom stereocenters. The second-order valence-electron chi connectivity index (χ2n) is 3.58. The van der Waals surface area contributed by atoms with Crippen molar-refractivity contribution in [2.24, 2.45) is 0 Å². The average molecular weight is 235 g/mol. The van der Waals surface area contributed by atoms with Crippen LogP contribution in [0.25, 0.3) is 0 Å². The number of benzene rings is 1. The van der Waals surface area contributed by atoms with Gasteiger partial charge in [0.1, 0.15) is 0 Å². The lowest BCUT2D eigenvalue weighted by Gasteiger charge is -2.06. The van der Waals surface area contributed by atoms with Crippen molar-refractivity contribution in [2.75, 3.05) is 6.54 Å². The third-order valence-electron chi connectivity index (χ3n) is 2.18.